The fourth-order valence-corrected chi connectivity index (χ4v) is 1.40. The Morgan fingerprint density at radius 2 is 1.88 bits per heavy atom. The maximum absolute atomic E-state index is 11.7. The molecule has 1 aromatic heterocycles. The fourth-order valence-electron chi connectivity index (χ4n) is 1.40. The van der Waals surface area contributed by atoms with Crippen molar-refractivity contribution in [1.82, 2.24) is 10.2 Å². The summed E-state index contributed by atoms with van der Waals surface area (Å²) in [4.78, 5) is 11.7. The number of hydrogen-bond donors (Lipinski definition) is 0. The maximum Gasteiger partial charge on any atom is 0.340 e. The van der Waals surface area contributed by atoms with Crippen LogP contribution in [0, 0.1) is 6.92 Å². The van der Waals surface area contributed by atoms with Gasteiger partial charge in [0.2, 0.25) is 0 Å². The van der Waals surface area contributed by atoms with Crippen LogP contribution in [0.5, 0.6) is 0 Å². The topological polar surface area (TPSA) is 52.1 Å². The Kier molecular flexibility index (Phi) is 3.45. The van der Waals surface area contributed by atoms with Crippen LogP contribution in [0.1, 0.15) is 21.5 Å². The number of carbonyl (C=O) groups excluding carboxylic acids is 1. The van der Waals surface area contributed by atoms with Crippen LogP contribution in [0.4, 0.5) is 0 Å². The quantitative estimate of drug-likeness (QED) is 0.755. The fraction of sp³-hybridized carbons (Fsp3) is 0.154. The van der Waals surface area contributed by atoms with Crippen LogP contribution in [0.2, 0.25) is 0 Å². The zero-order chi connectivity index (χ0) is 12.1. The molecule has 1 aromatic carbocycles. The second kappa shape index (κ2) is 5.21. The zero-order valence-electron chi connectivity index (χ0n) is 9.46. The second-order valence-electron chi connectivity index (χ2n) is 3.65. The molecule has 0 amide bonds. The highest BCUT2D eigenvalue weighted by Gasteiger charge is 2.10. The smallest absolute Gasteiger partial charge is 0.340 e. The van der Waals surface area contributed by atoms with Gasteiger partial charge in [0.15, 0.2) is 0 Å². The largest absolute Gasteiger partial charge is 0.457 e. The van der Waals surface area contributed by atoms with Crippen LogP contribution < -0.4 is 0 Å². The average molecular weight is 228 g/mol. The monoisotopic (exact) mass is 228 g/mol. The Balaban J connectivity index is 2.01. The Morgan fingerprint density at radius 1 is 1.18 bits per heavy atom. The number of carbonyl (C=O) groups is 1. The van der Waals surface area contributed by atoms with Gasteiger partial charge in [-0.05, 0) is 18.1 Å². The molecule has 2 rings (SSSR count). The van der Waals surface area contributed by atoms with Gasteiger partial charge in [-0.1, -0.05) is 30.3 Å². The third-order valence-electron chi connectivity index (χ3n) is 2.36. The first-order valence-corrected chi connectivity index (χ1v) is 5.25. The molecule has 0 saturated heterocycles. The van der Waals surface area contributed by atoms with Gasteiger partial charge in [-0.2, -0.15) is 10.2 Å². The van der Waals surface area contributed by atoms with Gasteiger partial charge in [0, 0.05) is 0 Å². The molecule has 0 N–H and O–H groups in total. The number of rotatable bonds is 3. The Labute approximate surface area is 99.3 Å². The molecule has 86 valence electrons. The summed E-state index contributed by atoms with van der Waals surface area (Å²) in [6.07, 6.45) is 2.96. The second-order valence-corrected chi connectivity index (χ2v) is 3.65. The molecule has 4 nitrogen and oxygen atoms in total. The van der Waals surface area contributed by atoms with Gasteiger partial charge >= 0.3 is 5.97 Å². The van der Waals surface area contributed by atoms with Crippen molar-refractivity contribution in [2.75, 3.05) is 0 Å². The predicted molar refractivity (Wildman–Crippen MR) is 62.3 cm³/mol. The lowest BCUT2D eigenvalue weighted by Gasteiger charge is -2.05. The molecule has 0 aliphatic rings. The van der Waals surface area contributed by atoms with Crippen LogP contribution in [0.3, 0.4) is 0 Å². The first kappa shape index (κ1) is 11.3. The van der Waals surface area contributed by atoms with Crippen molar-refractivity contribution >= 4 is 5.97 Å². The van der Waals surface area contributed by atoms with Crippen molar-refractivity contribution in [2.24, 2.45) is 0 Å². The molecule has 0 saturated carbocycles. The van der Waals surface area contributed by atoms with Gasteiger partial charge in [-0.15, -0.1) is 0 Å². The normalized spacial score (nSPS) is 9.94. The molecule has 4 heteroatoms. The number of benzene rings is 1. The summed E-state index contributed by atoms with van der Waals surface area (Å²) in [7, 11) is 0. The van der Waals surface area contributed by atoms with E-state index in [1.807, 2.05) is 30.3 Å². The van der Waals surface area contributed by atoms with E-state index in [1.165, 1.54) is 6.20 Å². The average Bonchev–Trinajstić information content (AvgIpc) is 2.38. The third-order valence-corrected chi connectivity index (χ3v) is 2.36. The van der Waals surface area contributed by atoms with Gasteiger partial charge in [0.1, 0.15) is 6.61 Å². The summed E-state index contributed by atoms with van der Waals surface area (Å²) in [5, 5.41) is 7.36. The zero-order valence-corrected chi connectivity index (χ0v) is 9.46. The van der Waals surface area contributed by atoms with E-state index in [9.17, 15) is 4.79 Å². The van der Waals surface area contributed by atoms with E-state index in [0.717, 1.165) is 11.1 Å². The summed E-state index contributed by atoms with van der Waals surface area (Å²) in [5.41, 5.74) is 2.18. The summed E-state index contributed by atoms with van der Waals surface area (Å²) < 4.78 is 5.19. The van der Waals surface area contributed by atoms with Crippen molar-refractivity contribution in [2.45, 2.75) is 13.5 Å². The van der Waals surface area contributed by atoms with E-state index in [1.54, 1.807) is 13.1 Å². The van der Waals surface area contributed by atoms with Gasteiger partial charge in [0.25, 0.3) is 0 Å². The van der Waals surface area contributed by atoms with Crippen LogP contribution in [-0.4, -0.2) is 16.2 Å². The highest BCUT2D eigenvalue weighted by atomic mass is 16.5. The maximum atomic E-state index is 11.7. The standard InChI is InChI=1S/C13H12N2O2/c1-10-7-14-15-8-12(10)13(16)17-9-11-5-3-2-4-6-11/h2-8H,9H2,1H3. The third kappa shape index (κ3) is 2.87. The van der Waals surface area contributed by atoms with Gasteiger partial charge < -0.3 is 4.74 Å². The Hall–Kier alpha value is -2.23. The molecule has 0 aliphatic carbocycles. The highest BCUT2D eigenvalue weighted by Crippen LogP contribution is 2.08. The molecule has 0 radical (unpaired) electrons. The van der Waals surface area contributed by atoms with Crippen molar-refractivity contribution in [3.8, 4) is 0 Å². The summed E-state index contributed by atoms with van der Waals surface area (Å²) in [6, 6.07) is 9.54. The Bertz CT molecular complexity index is 512. The summed E-state index contributed by atoms with van der Waals surface area (Å²) in [6.45, 7) is 2.06. The van der Waals surface area contributed by atoms with E-state index in [4.69, 9.17) is 4.74 Å². The van der Waals surface area contributed by atoms with E-state index in [2.05, 4.69) is 10.2 Å². The molecular formula is C13H12N2O2. The van der Waals surface area contributed by atoms with Crippen LogP contribution in [0.15, 0.2) is 42.7 Å². The Morgan fingerprint density at radius 3 is 2.59 bits per heavy atom. The summed E-state index contributed by atoms with van der Waals surface area (Å²) in [5.74, 6) is -0.374. The molecule has 2 aromatic rings. The van der Waals surface area contributed by atoms with Crippen molar-refractivity contribution in [3.63, 3.8) is 0 Å². The van der Waals surface area contributed by atoms with Gasteiger partial charge in [-0.3, -0.25) is 0 Å². The molecule has 0 unspecified atom stereocenters. The summed E-state index contributed by atoms with van der Waals surface area (Å²) >= 11 is 0. The van der Waals surface area contributed by atoms with Gasteiger partial charge in [-0.25, -0.2) is 4.79 Å². The number of aryl methyl sites for hydroxylation is 1. The first-order valence-electron chi connectivity index (χ1n) is 5.25. The van der Waals surface area contributed by atoms with Gasteiger partial charge in [0.05, 0.1) is 18.0 Å². The molecule has 0 aliphatic heterocycles. The number of hydrogen-bond acceptors (Lipinski definition) is 4. The number of aromatic nitrogens is 2. The van der Waals surface area contributed by atoms with Crippen molar-refractivity contribution in [1.29, 1.82) is 0 Å². The van der Waals surface area contributed by atoms with Crippen LogP contribution >= 0.6 is 0 Å². The van der Waals surface area contributed by atoms with E-state index < -0.39 is 0 Å². The molecule has 0 spiro atoms. The van der Waals surface area contributed by atoms with E-state index in [0.29, 0.717) is 5.56 Å². The molecule has 17 heavy (non-hydrogen) atoms. The molecular weight excluding hydrogens is 216 g/mol. The first-order chi connectivity index (χ1) is 8.27. The number of nitrogens with zero attached hydrogens (tertiary/aromatic N) is 2. The molecule has 0 atom stereocenters. The minimum Gasteiger partial charge on any atom is -0.457 e. The lowest BCUT2D eigenvalue weighted by atomic mass is 10.2. The number of esters is 1. The highest BCUT2D eigenvalue weighted by molar-refractivity contribution is 5.90. The van der Waals surface area contributed by atoms with Crippen LogP contribution in [0.25, 0.3) is 0 Å². The number of ether oxygens (including phenoxy) is 1. The van der Waals surface area contributed by atoms with Crippen molar-refractivity contribution < 1.29 is 9.53 Å². The predicted octanol–water partition coefficient (Wildman–Crippen LogP) is 2.14. The van der Waals surface area contributed by atoms with Crippen LogP contribution in [-0.2, 0) is 11.3 Å². The SMILES string of the molecule is Cc1cnncc1C(=O)OCc1ccccc1. The lowest BCUT2D eigenvalue weighted by Crippen LogP contribution is -2.08. The molecule has 0 fully saturated rings. The lowest BCUT2D eigenvalue weighted by molar-refractivity contribution is 0.0471. The molecule has 1 heterocycles. The minimum absolute atomic E-state index is 0.265. The van der Waals surface area contributed by atoms with Crippen molar-refractivity contribution in [3.05, 3.63) is 59.4 Å². The molecule has 0 bridgehead atoms. The van der Waals surface area contributed by atoms with E-state index in [-0.39, 0.29) is 12.6 Å². The minimum atomic E-state index is -0.374. The van der Waals surface area contributed by atoms with E-state index >= 15 is 0 Å².